The van der Waals surface area contributed by atoms with Crippen LogP contribution in [-0.2, 0) is 16.0 Å². The van der Waals surface area contributed by atoms with Crippen molar-refractivity contribution in [1.29, 1.82) is 0 Å². The number of nitrogens with zero attached hydrogens (tertiary/aromatic N) is 3. The van der Waals surface area contributed by atoms with Crippen LogP contribution in [0.5, 0.6) is 0 Å². The Morgan fingerprint density at radius 3 is 3.12 bits per heavy atom. The molecule has 0 aliphatic carbocycles. The van der Waals surface area contributed by atoms with Gasteiger partial charge in [-0.05, 0) is 31.4 Å². The summed E-state index contributed by atoms with van der Waals surface area (Å²) >= 11 is 0. The number of piperazine rings is 1. The number of nitrogens with one attached hydrogen (secondary N) is 1. The third-order valence-corrected chi connectivity index (χ3v) is 5.50. The molecule has 4 rings (SSSR count). The average molecular weight is 360 g/mol. The highest BCUT2D eigenvalue weighted by atomic mass is 16.5. The van der Waals surface area contributed by atoms with Crippen LogP contribution < -0.4 is 5.32 Å². The van der Waals surface area contributed by atoms with Gasteiger partial charge in [-0.15, -0.1) is 0 Å². The van der Waals surface area contributed by atoms with Crippen molar-refractivity contribution in [2.24, 2.45) is 4.99 Å². The molecule has 1 aromatic rings. The number of rotatable bonds is 5. The van der Waals surface area contributed by atoms with Crippen LogP contribution in [0.25, 0.3) is 0 Å². The molecule has 1 N–H and O–H groups in total. The zero-order chi connectivity index (χ0) is 17.8. The Morgan fingerprint density at radius 1 is 1.35 bits per heavy atom. The number of aliphatic imine (C=N–C) groups is 1. The molecule has 0 spiro atoms. The molecule has 2 unspecified atom stereocenters. The maximum absolute atomic E-state index is 11.9. The summed E-state index contributed by atoms with van der Waals surface area (Å²) < 4.78 is 11.1. The standard InChI is InChI=1S/C19H28N4O3/c24-18-6-5-15-14-22(9-10-23(15)18)19(21-13-17-4-2-12-26-17)20-8-7-16-3-1-11-25-16/h1,3,11,15,17H,2,4-10,12-14H2,(H,20,21). The molecular weight excluding hydrogens is 332 g/mol. The van der Waals surface area contributed by atoms with Gasteiger partial charge in [0.2, 0.25) is 5.91 Å². The van der Waals surface area contributed by atoms with E-state index in [0.717, 1.165) is 70.2 Å². The van der Waals surface area contributed by atoms with Gasteiger partial charge in [0.15, 0.2) is 5.96 Å². The second-order valence-corrected chi connectivity index (χ2v) is 7.28. The van der Waals surface area contributed by atoms with E-state index < -0.39 is 0 Å². The predicted octanol–water partition coefficient (Wildman–Crippen LogP) is 1.25. The molecule has 7 heteroatoms. The SMILES string of the molecule is O=C1CCC2CN(C(=NCC3CCCO3)NCCc3ccco3)CCN12. The first-order valence-electron chi connectivity index (χ1n) is 9.76. The van der Waals surface area contributed by atoms with E-state index in [1.54, 1.807) is 6.26 Å². The number of hydrogen-bond acceptors (Lipinski definition) is 4. The van der Waals surface area contributed by atoms with E-state index >= 15 is 0 Å². The lowest BCUT2D eigenvalue weighted by atomic mass is 10.1. The summed E-state index contributed by atoms with van der Waals surface area (Å²) in [7, 11) is 0. The van der Waals surface area contributed by atoms with Crippen molar-refractivity contribution in [3.05, 3.63) is 24.2 Å². The molecule has 0 bridgehead atoms. The summed E-state index contributed by atoms with van der Waals surface area (Å²) in [5.74, 6) is 2.21. The van der Waals surface area contributed by atoms with Gasteiger partial charge in [0.1, 0.15) is 5.76 Å². The predicted molar refractivity (Wildman–Crippen MR) is 98.0 cm³/mol. The normalized spacial score (nSPS) is 26.5. The van der Waals surface area contributed by atoms with Crippen molar-refractivity contribution in [3.8, 4) is 0 Å². The van der Waals surface area contributed by atoms with Gasteiger partial charge in [0.25, 0.3) is 0 Å². The minimum absolute atomic E-state index is 0.242. The minimum atomic E-state index is 0.242. The van der Waals surface area contributed by atoms with Gasteiger partial charge in [0.05, 0.1) is 18.9 Å². The molecule has 3 aliphatic rings. The Labute approximate surface area is 154 Å². The first kappa shape index (κ1) is 17.4. The van der Waals surface area contributed by atoms with Crippen LogP contribution in [0.1, 0.15) is 31.4 Å². The van der Waals surface area contributed by atoms with Gasteiger partial charge in [-0.2, -0.15) is 0 Å². The monoisotopic (exact) mass is 360 g/mol. The lowest BCUT2D eigenvalue weighted by Gasteiger charge is -2.39. The molecule has 3 saturated heterocycles. The highest BCUT2D eigenvalue weighted by Crippen LogP contribution is 2.23. The number of furan rings is 1. The fourth-order valence-corrected chi connectivity index (χ4v) is 4.05. The van der Waals surface area contributed by atoms with Crippen molar-refractivity contribution in [2.75, 3.05) is 39.3 Å². The molecule has 3 aliphatic heterocycles. The van der Waals surface area contributed by atoms with E-state index in [1.165, 1.54) is 0 Å². The molecule has 26 heavy (non-hydrogen) atoms. The second-order valence-electron chi connectivity index (χ2n) is 7.28. The van der Waals surface area contributed by atoms with Gasteiger partial charge >= 0.3 is 0 Å². The lowest BCUT2D eigenvalue weighted by Crippen LogP contribution is -2.56. The van der Waals surface area contributed by atoms with Gasteiger partial charge in [0, 0.05) is 51.7 Å². The molecule has 1 aromatic heterocycles. The van der Waals surface area contributed by atoms with Gasteiger partial charge < -0.3 is 24.3 Å². The van der Waals surface area contributed by atoms with Crippen LogP contribution in [-0.4, -0.2) is 73.1 Å². The van der Waals surface area contributed by atoms with E-state index in [0.29, 0.717) is 24.9 Å². The zero-order valence-corrected chi connectivity index (χ0v) is 15.2. The summed E-state index contributed by atoms with van der Waals surface area (Å²) in [5, 5.41) is 3.50. The van der Waals surface area contributed by atoms with Crippen LogP contribution in [0.15, 0.2) is 27.8 Å². The molecule has 7 nitrogen and oxygen atoms in total. The van der Waals surface area contributed by atoms with E-state index in [4.69, 9.17) is 14.1 Å². The number of guanidine groups is 1. The quantitative estimate of drug-likeness (QED) is 0.632. The van der Waals surface area contributed by atoms with Crippen molar-refractivity contribution in [2.45, 2.75) is 44.2 Å². The third kappa shape index (κ3) is 4.03. The Hall–Kier alpha value is -2.02. The fraction of sp³-hybridized carbons (Fsp3) is 0.684. The number of carbonyl (C=O) groups excluding carboxylic acids is 1. The minimum Gasteiger partial charge on any atom is -0.469 e. The van der Waals surface area contributed by atoms with Crippen LogP contribution in [0.2, 0.25) is 0 Å². The first-order valence-corrected chi connectivity index (χ1v) is 9.76. The summed E-state index contributed by atoms with van der Waals surface area (Å²) in [5.41, 5.74) is 0. The molecule has 1 amide bonds. The zero-order valence-electron chi connectivity index (χ0n) is 15.2. The van der Waals surface area contributed by atoms with E-state index in [9.17, 15) is 4.79 Å². The number of fused-ring (bicyclic) bond motifs is 1. The Balaban J connectivity index is 1.37. The highest BCUT2D eigenvalue weighted by molar-refractivity contribution is 5.82. The summed E-state index contributed by atoms with van der Waals surface area (Å²) in [6, 6.07) is 4.24. The van der Waals surface area contributed by atoms with E-state index in [1.807, 2.05) is 17.0 Å². The smallest absolute Gasteiger partial charge is 0.223 e. The lowest BCUT2D eigenvalue weighted by molar-refractivity contribution is -0.130. The summed E-state index contributed by atoms with van der Waals surface area (Å²) in [6.07, 6.45) is 6.64. The number of ether oxygens (including phenoxy) is 1. The van der Waals surface area contributed by atoms with Crippen molar-refractivity contribution in [3.63, 3.8) is 0 Å². The number of amides is 1. The topological polar surface area (TPSA) is 70.3 Å². The Kier molecular flexibility index (Phi) is 5.43. The first-order chi connectivity index (χ1) is 12.8. The van der Waals surface area contributed by atoms with Crippen molar-refractivity contribution >= 4 is 11.9 Å². The van der Waals surface area contributed by atoms with Crippen molar-refractivity contribution in [1.82, 2.24) is 15.1 Å². The fourth-order valence-electron chi connectivity index (χ4n) is 4.05. The molecule has 0 saturated carbocycles. The van der Waals surface area contributed by atoms with E-state index in [-0.39, 0.29) is 6.10 Å². The summed E-state index contributed by atoms with van der Waals surface area (Å²) in [6.45, 7) is 4.82. The van der Waals surface area contributed by atoms with Crippen molar-refractivity contribution < 1.29 is 13.9 Å². The number of carbonyl (C=O) groups is 1. The van der Waals surface area contributed by atoms with E-state index in [2.05, 4.69) is 10.2 Å². The molecule has 4 heterocycles. The van der Waals surface area contributed by atoms with Crippen LogP contribution in [0, 0.1) is 0 Å². The van der Waals surface area contributed by atoms with Gasteiger partial charge in [-0.25, -0.2) is 0 Å². The largest absolute Gasteiger partial charge is 0.469 e. The maximum atomic E-state index is 11.9. The molecule has 0 aromatic carbocycles. The second kappa shape index (κ2) is 8.12. The maximum Gasteiger partial charge on any atom is 0.223 e. The Bertz CT molecular complexity index is 625. The third-order valence-electron chi connectivity index (χ3n) is 5.50. The summed E-state index contributed by atoms with van der Waals surface area (Å²) in [4.78, 5) is 21.1. The Morgan fingerprint density at radius 2 is 2.31 bits per heavy atom. The number of hydrogen-bond donors (Lipinski definition) is 1. The van der Waals surface area contributed by atoms with Crippen LogP contribution in [0.4, 0.5) is 0 Å². The average Bonchev–Trinajstić information content (AvgIpc) is 3.41. The molecule has 3 fully saturated rings. The molecule has 2 atom stereocenters. The molecular formula is C19H28N4O3. The molecule has 0 radical (unpaired) electrons. The van der Waals surface area contributed by atoms with Crippen LogP contribution in [0.3, 0.4) is 0 Å². The van der Waals surface area contributed by atoms with Gasteiger partial charge in [-0.3, -0.25) is 9.79 Å². The van der Waals surface area contributed by atoms with Crippen LogP contribution >= 0.6 is 0 Å². The van der Waals surface area contributed by atoms with Gasteiger partial charge in [-0.1, -0.05) is 0 Å². The highest BCUT2D eigenvalue weighted by Gasteiger charge is 2.36. The molecule has 142 valence electrons.